The lowest BCUT2D eigenvalue weighted by molar-refractivity contribution is 0.0699. The summed E-state index contributed by atoms with van der Waals surface area (Å²) in [6.07, 6.45) is 5.47. The molecule has 3 aromatic rings. The first-order valence-electron chi connectivity index (χ1n) is 9.49. The van der Waals surface area contributed by atoms with Gasteiger partial charge in [-0.15, -0.1) is 0 Å². The summed E-state index contributed by atoms with van der Waals surface area (Å²) in [5.74, 6) is 0.208. The molecule has 6 nitrogen and oxygen atoms in total. The van der Waals surface area contributed by atoms with Crippen LogP contribution in [0.15, 0.2) is 42.7 Å². The molecule has 3 aromatic heterocycles. The average molecular weight is 363 g/mol. The van der Waals surface area contributed by atoms with Crippen molar-refractivity contribution in [3.8, 4) is 0 Å². The van der Waals surface area contributed by atoms with Crippen molar-refractivity contribution in [3.05, 3.63) is 54.1 Å². The van der Waals surface area contributed by atoms with Crippen LogP contribution in [-0.4, -0.2) is 43.6 Å². The van der Waals surface area contributed by atoms with Crippen LogP contribution in [0.4, 0.5) is 0 Å². The molecule has 1 fully saturated rings. The van der Waals surface area contributed by atoms with Crippen molar-refractivity contribution in [1.29, 1.82) is 0 Å². The molecule has 0 aromatic carbocycles. The van der Waals surface area contributed by atoms with Gasteiger partial charge in [-0.05, 0) is 57.9 Å². The number of hydrogen-bond donors (Lipinski definition) is 0. The van der Waals surface area contributed by atoms with Gasteiger partial charge in [-0.1, -0.05) is 6.07 Å². The van der Waals surface area contributed by atoms with Crippen LogP contribution in [0, 0.1) is 0 Å². The van der Waals surface area contributed by atoms with Crippen molar-refractivity contribution in [2.24, 2.45) is 0 Å². The zero-order valence-electron chi connectivity index (χ0n) is 16.1. The molecular weight excluding hydrogens is 338 g/mol. The molecule has 6 heteroatoms. The maximum Gasteiger partial charge on any atom is 0.272 e. The first-order valence-corrected chi connectivity index (χ1v) is 9.49. The van der Waals surface area contributed by atoms with Gasteiger partial charge in [0.2, 0.25) is 0 Å². The number of nitrogens with zero attached hydrogens (tertiary/aromatic N) is 5. The summed E-state index contributed by atoms with van der Waals surface area (Å²) in [5.41, 5.74) is 2.31. The zero-order valence-corrected chi connectivity index (χ0v) is 16.1. The highest BCUT2D eigenvalue weighted by Gasteiger charge is 2.30. The summed E-state index contributed by atoms with van der Waals surface area (Å²) < 4.78 is 2.01. The third-order valence-corrected chi connectivity index (χ3v) is 5.09. The number of rotatable bonds is 2. The quantitative estimate of drug-likeness (QED) is 0.698. The molecule has 1 aliphatic heterocycles. The second-order valence-electron chi connectivity index (χ2n) is 8.15. The second kappa shape index (κ2) is 6.76. The molecule has 1 saturated heterocycles. The van der Waals surface area contributed by atoms with Crippen LogP contribution in [0.3, 0.4) is 0 Å². The first kappa shape index (κ1) is 17.6. The molecule has 0 bridgehead atoms. The number of hydrogen-bond acceptors (Lipinski definition) is 4. The number of pyridine rings is 2. The van der Waals surface area contributed by atoms with Crippen LogP contribution in [0.2, 0.25) is 0 Å². The number of aromatic nitrogens is 4. The van der Waals surface area contributed by atoms with Gasteiger partial charge in [0.1, 0.15) is 5.69 Å². The van der Waals surface area contributed by atoms with Gasteiger partial charge >= 0.3 is 0 Å². The second-order valence-corrected chi connectivity index (χ2v) is 8.15. The smallest absolute Gasteiger partial charge is 0.272 e. The normalized spacial score (nSPS) is 18.0. The number of likely N-dealkylation sites (tertiary alicyclic amines) is 1. The Bertz CT molecular complexity index is 958. The number of carbonyl (C=O) groups excluding carboxylic acids is 1. The number of amides is 1. The maximum absolute atomic E-state index is 12.8. The Morgan fingerprint density at radius 1 is 1.11 bits per heavy atom. The summed E-state index contributed by atoms with van der Waals surface area (Å²) in [5, 5.41) is 6.04. The zero-order chi connectivity index (χ0) is 19.0. The standard InChI is InChI=1S/C21H25N5O/c1-21(2,3)26-19-16(9-6-12-23-19)18(24-26)15-8-7-13-25(14-15)20(27)17-10-4-5-11-22-17/h4-6,9-12,15H,7-8,13-14H2,1-3H3. The van der Waals surface area contributed by atoms with Crippen LogP contribution in [0.5, 0.6) is 0 Å². The molecule has 27 heavy (non-hydrogen) atoms. The minimum atomic E-state index is -0.150. The van der Waals surface area contributed by atoms with Gasteiger partial charge in [0.25, 0.3) is 5.91 Å². The van der Waals surface area contributed by atoms with E-state index >= 15 is 0 Å². The minimum absolute atomic E-state index is 0.00187. The van der Waals surface area contributed by atoms with Gasteiger partial charge in [0.05, 0.1) is 11.2 Å². The lowest BCUT2D eigenvalue weighted by Gasteiger charge is -2.32. The fourth-order valence-corrected chi connectivity index (χ4v) is 3.78. The maximum atomic E-state index is 12.8. The van der Waals surface area contributed by atoms with Crippen molar-refractivity contribution in [2.75, 3.05) is 13.1 Å². The lowest BCUT2D eigenvalue weighted by Crippen LogP contribution is -2.39. The molecule has 4 rings (SSSR count). The topological polar surface area (TPSA) is 63.9 Å². The number of piperidine rings is 1. The molecule has 1 aliphatic rings. The van der Waals surface area contributed by atoms with E-state index in [2.05, 4.69) is 36.8 Å². The largest absolute Gasteiger partial charge is 0.337 e. The van der Waals surface area contributed by atoms with E-state index in [0.29, 0.717) is 12.2 Å². The third-order valence-electron chi connectivity index (χ3n) is 5.09. The van der Waals surface area contributed by atoms with E-state index in [1.165, 1.54) is 0 Å². The Kier molecular flexibility index (Phi) is 4.42. The molecule has 140 valence electrons. The van der Waals surface area contributed by atoms with Crippen LogP contribution in [0.25, 0.3) is 11.0 Å². The third kappa shape index (κ3) is 3.31. The molecule has 4 heterocycles. The summed E-state index contributed by atoms with van der Waals surface area (Å²) in [6, 6.07) is 9.51. The molecule has 1 atom stereocenters. The Morgan fingerprint density at radius 2 is 1.93 bits per heavy atom. The van der Waals surface area contributed by atoms with Gasteiger partial charge in [-0.25, -0.2) is 9.67 Å². The lowest BCUT2D eigenvalue weighted by atomic mass is 9.93. The van der Waals surface area contributed by atoms with Crippen molar-refractivity contribution < 1.29 is 4.79 Å². The Labute approximate surface area is 159 Å². The predicted molar refractivity (Wildman–Crippen MR) is 105 cm³/mol. The molecule has 1 unspecified atom stereocenters. The fourth-order valence-electron chi connectivity index (χ4n) is 3.78. The van der Waals surface area contributed by atoms with Gasteiger partial charge in [0.15, 0.2) is 5.65 Å². The SMILES string of the molecule is CC(C)(C)n1nc(C2CCCN(C(=O)c3ccccn3)C2)c2cccnc21. The highest BCUT2D eigenvalue weighted by atomic mass is 16.2. The molecule has 0 spiro atoms. The molecule has 0 radical (unpaired) electrons. The van der Waals surface area contributed by atoms with Crippen molar-refractivity contribution >= 4 is 16.9 Å². The average Bonchev–Trinajstić information content (AvgIpc) is 3.08. The predicted octanol–water partition coefficient (Wildman–Crippen LogP) is 3.60. The molecule has 1 amide bonds. The van der Waals surface area contributed by atoms with Crippen molar-refractivity contribution in [3.63, 3.8) is 0 Å². The minimum Gasteiger partial charge on any atom is -0.337 e. The number of fused-ring (bicyclic) bond motifs is 1. The van der Waals surface area contributed by atoms with Crippen LogP contribution < -0.4 is 0 Å². The van der Waals surface area contributed by atoms with E-state index in [-0.39, 0.29) is 17.4 Å². The van der Waals surface area contributed by atoms with Gasteiger partial charge in [0, 0.05) is 36.8 Å². The Morgan fingerprint density at radius 3 is 2.67 bits per heavy atom. The monoisotopic (exact) mass is 363 g/mol. The summed E-state index contributed by atoms with van der Waals surface area (Å²) in [6.45, 7) is 7.84. The Balaban J connectivity index is 1.67. The van der Waals surface area contributed by atoms with Crippen molar-refractivity contribution in [1.82, 2.24) is 24.6 Å². The van der Waals surface area contributed by atoms with E-state index in [1.54, 1.807) is 12.3 Å². The molecule has 0 N–H and O–H groups in total. The van der Waals surface area contributed by atoms with E-state index in [1.807, 2.05) is 34.0 Å². The van der Waals surface area contributed by atoms with E-state index in [9.17, 15) is 4.79 Å². The molecular formula is C21H25N5O. The van der Waals surface area contributed by atoms with Crippen LogP contribution >= 0.6 is 0 Å². The van der Waals surface area contributed by atoms with E-state index in [4.69, 9.17) is 5.10 Å². The first-order chi connectivity index (χ1) is 12.9. The van der Waals surface area contributed by atoms with E-state index < -0.39 is 0 Å². The van der Waals surface area contributed by atoms with E-state index in [0.717, 1.165) is 36.1 Å². The molecule has 0 aliphatic carbocycles. The summed E-state index contributed by atoms with van der Waals surface area (Å²) >= 11 is 0. The fraction of sp³-hybridized carbons (Fsp3) is 0.429. The summed E-state index contributed by atoms with van der Waals surface area (Å²) in [7, 11) is 0. The number of carbonyl (C=O) groups is 1. The van der Waals surface area contributed by atoms with Gasteiger partial charge in [-0.2, -0.15) is 5.10 Å². The highest BCUT2D eigenvalue weighted by molar-refractivity contribution is 5.92. The van der Waals surface area contributed by atoms with Crippen molar-refractivity contribution in [2.45, 2.75) is 45.1 Å². The van der Waals surface area contributed by atoms with Gasteiger partial charge < -0.3 is 4.90 Å². The van der Waals surface area contributed by atoms with Crippen LogP contribution in [0.1, 0.15) is 55.7 Å². The van der Waals surface area contributed by atoms with Crippen LogP contribution in [-0.2, 0) is 5.54 Å². The highest BCUT2D eigenvalue weighted by Crippen LogP contribution is 2.33. The Hall–Kier alpha value is -2.76. The molecule has 0 saturated carbocycles. The summed E-state index contributed by atoms with van der Waals surface area (Å²) in [4.78, 5) is 23.5. The van der Waals surface area contributed by atoms with Gasteiger partial charge in [-0.3, -0.25) is 9.78 Å².